The summed E-state index contributed by atoms with van der Waals surface area (Å²) in [6.07, 6.45) is 2.20. The third kappa shape index (κ3) is 2.27. The zero-order valence-corrected chi connectivity index (χ0v) is 10.1. The Hall–Kier alpha value is -1.91. The van der Waals surface area contributed by atoms with E-state index in [0.717, 1.165) is 11.2 Å². The molecule has 0 saturated carbocycles. The van der Waals surface area contributed by atoms with Gasteiger partial charge >= 0.3 is 5.97 Å². The van der Waals surface area contributed by atoms with Crippen molar-refractivity contribution in [2.45, 2.75) is 27.2 Å². The lowest BCUT2D eigenvalue weighted by atomic mass is 9.89. The van der Waals surface area contributed by atoms with Crippen molar-refractivity contribution in [3.63, 3.8) is 0 Å². The van der Waals surface area contributed by atoms with E-state index in [1.54, 1.807) is 18.4 Å². The number of pyridine rings is 1. The van der Waals surface area contributed by atoms with E-state index in [9.17, 15) is 4.79 Å². The first-order chi connectivity index (χ1) is 7.88. The molecule has 2 aromatic heterocycles. The highest BCUT2D eigenvalue weighted by Gasteiger charge is 2.29. The molecule has 0 saturated heterocycles. The number of carboxylic acid groups (broad SMARTS) is 1. The molecular weight excluding hydrogens is 218 g/mol. The molecule has 0 aliphatic rings. The van der Waals surface area contributed by atoms with Crippen molar-refractivity contribution in [1.29, 1.82) is 0 Å². The summed E-state index contributed by atoms with van der Waals surface area (Å²) in [5.74, 6) is -0.282. The van der Waals surface area contributed by atoms with Gasteiger partial charge in [-0.2, -0.15) is 5.10 Å². The Labute approximate surface area is 99.1 Å². The number of nitrogens with zero attached hydrogens (tertiary/aromatic N) is 3. The van der Waals surface area contributed by atoms with Crippen LogP contribution < -0.4 is 0 Å². The van der Waals surface area contributed by atoms with Crippen molar-refractivity contribution in [3.8, 4) is 0 Å². The lowest BCUT2D eigenvalue weighted by molar-refractivity contribution is -0.146. The quantitative estimate of drug-likeness (QED) is 0.876. The normalized spacial score (nSPS) is 11.9. The average Bonchev–Trinajstić information content (AvgIpc) is 2.57. The predicted octanol–water partition coefficient (Wildman–Crippen LogP) is 1.69. The van der Waals surface area contributed by atoms with E-state index in [-0.39, 0.29) is 0 Å². The Balaban J connectivity index is 2.34. The highest BCUT2D eigenvalue weighted by Crippen LogP contribution is 2.20. The molecular formula is C12H15N3O2. The number of aromatic nitrogens is 3. The fourth-order valence-corrected chi connectivity index (χ4v) is 1.58. The maximum Gasteiger partial charge on any atom is 0.309 e. The minimum atomic E-state index is -0.847. The second-order valence-corrected chi connectivity index (χ2v) is 4.90. The second kappa shape index (κ2) is 3.84. The zero-order valence-electron chi connectivity index (χ0n) is 10.1. The third-order valence-electron chi connectivity index (χ3n) is 2.70. The topological polar surface area (TPSA) is 67.5 Å². The van der Waals surface area contributed by atoms with Crippen LogP contribution in [-0.4, -0.2) is 25.7 Å². The Kier molecular flexibility index (Phi) is 2.61. The fraction of sp³-hybridized carbons (Fsp3) is 0.417. The predicted molar refractivity (Wildman–Crippen MR) is 62.8 cm³/mol. The molecule has 90 valence electrons. The SMILES string of the molecule is Cc1ccc2nc(CC(C)(C)C(=O)O)nn2c1. The molecule has 0 aliphatic carbocycles. The Morgan fingerprint density at radius 2 is 2.18 bits per heavy atom. The van der Waals surface area contributed by atoms with E-state index in [1.807, 2.05) is 25.3 Å². The van der Waals surface area contributed by atoms with Gasteiger partial charge in [-0.15, -0.1) is 0 Å². The Morgan fingerprint density at radius 3 is 2.82 bits per heavy atom. The van der Waals surface area contributed by atoms with Crippen LogP contribution in [0.5, 0.6) is 0 Å². The van der Waals surface area contributed by atoms with E-state index >= 15 is 0 Å². The summed E-state index contributed by atoms with van der Waals surface area (Å²) < 4.78 is 1.68. The van der Waals surface area contributed by atoms with Crippen LogP contribution in [0.15, 0.2) is 18.3 Å². The summed E-state index contributed by atoms with van der Waals surface area (Å²) in [4.78, 5) is 15.3. The van der Waals surface area contributed by atoms with Crippen LogP contribution in [0.4, 0.5) is 0 Å². The van der Waals surface area contributed by atoms with Gasteiger partial charge in [-0.3, -0.25) is 4.79 Å². The van der Waals surface area contributed by atoms with Crippen molar-refractivity contribution >= 4 is 11.6 Å². The summed E-state index contributed by atoms with van der Waals surface area (Å²) in [7, 11) is 0. The zero-order chi connectivity index (χ0) is 12.6. The number of carbonyl (C=O) groups is 1. The number of carboxylic acids is 1. The van der Waals surface area contributed by atoms with Crippen LogP contribution in [0.1, 0.15) is 25.2 Å². The van der Waals surface area contributed by atoms with E-state index in [1.165, 1.54) is 0 Å². The van der Waals surface area contributed by atoms with Crippen LogP contribution in [0.25, 0.3) is 5.65 Å². The summed E-state index contributed by atoms with van der Waals surface area (Å²) in [6, 6.07) is 3.83. The lowest BCUT2D eigenvalue weighted by Crippen LogP contribution is -2.26. The molecule has 0 aromatic carbocycles. The second-order valence-electron chi connectivity index (χ2n) is 4.90. The lowest BCUT2D eigenvalue weighted by Gasteiger charge is -2.16. The maximum atomic E-state index is 11.0. The molecule has 0 spiro atoms. The first-order valence-corrected chi connectivity index (χ1v) is 5.44. The molecule has 0 bridgehead atoms. The van der Waals surface area contributed by atoms with Gasteiger partial charge in [0.1, 0.15) is 0 Å². The van der Waals surface area contributed by atoms with Crippen LogP contribution in [-0.2, 0) is 11.2 Å². The summed E-state index contributed by atoms with van der Waals surface area (Å²) in [5, 5.41) is 13.3. The largest absolute Gasteiger partial charge is 0.481 e. The Bertz CT molecular complexity index is 572. The molecule has 17 heavy (non-hydrogen) atoms. The molecule has 0 radical (unpaired) electrons. The molecule has 2 rings (SSSR count). The van der Waals surface area contributed by atoms with Gasteiger partial charge in [0.05, 0.1) is 5.41 Å². The number of fused-ring (bicyclic) bond motifs is 1. The molecule has 0 unspecified atom stereocenters. The van der Waals surface area contributed by atoms with Gasteiger partial charge in [0.25, 0.3) is 0 Å². The van der Waals surface area contributed by atoms with Gasteiger partial charge in [-0.05, 0) is 32.4 Å². The molecule has 0 fully saturated rings. The van der Waals surface area contributed by atoms with Crippen LogP contribution in [0, 0.1) is 12.3 Å². The van der Waals surface area contributed by atoms with Crippen LogP contribution in [0.3, 0.4) is 0 Å². The van der Waals surface area contributed by atoms with Crippen molar-refractivity contribution in [2.75, 3.05) is 0 Å². The standard InChI is InChI=1S/C12H15N3O2/c1-8-4-5-10-13-9(14-15(10)7-8)6-12(2,3)11(16)17/h4-5,7H,6H2,1-3H3,(H,16,17). The van der Waals surface area contributed by atoms with Crippen molar-refractivity contribution in [1.82, 2.24) is 14.6 Å². The molecule has 5 nitrogen and oxygen atoms in total. The van der Waals surface area contributed by atoms with Crippen molar-refractivity contribution < 1.29 is 9.90 Å². The first kappa shape index (κ1) is 11.6. The van der Waals surface area contributed by atoms with Gasteiger partial charge in [-0.1, -0.05) is 6.07 Å². The van der Waals surface area contributed by atoms with Crippen LogP contribution in [0.2, 0.25) is 0 Å². The summed E-state index contributed by atoms with van der Waals surface area (Å²) in [6.45, 7) is 5.32. The number of rotatable bonds is 3. The molecule has 0 amide bonds. The van der Waals surface area contributed by atoms with Gasteiger partial charge < -0.3 is 5.11 Å². The molecule has 0 atom stereocenters. The minimum Gasteiger partial charge on any atom is -0.481 e. The maximum absolute atomic E-state index is 11.0. The van der Waals surface area contributed by atoms with Gasteiger partial charge in [0.15, 0.2) is 11.5 Å². The number of hydrogen-bond acceptors (Lipinski definition) is 3. The summed E-state index contributed by atoms with van der Waals surface area (Å²) in [5.41, 5.74) is 0.984. The smallest absolute Gasteiger partial charge is 0.309 e. The highest BCUT2D eigenvalue weighted by molar-refractivity contribution is 5.73. The van der Waals surface area contributed by atoms with E-state index in [4.69, 9.17) is 5.11 Å². The third-order valence-corrected chi connectivity index (χ3v) is 2.70. The van der Waals surface area contributed by atoms with E-state index < -0.39 is 11.4 Å². The van der Waals surface area contributed by atoms with Gasteiger partial charge in [0.2, 0.25) is 0 Å². The Morgan fingerprint density at radius 1 is 1.47 bits per heavy atom. The average molecular weight is 233 g/mol. The van der Waals surface area contributed by atoms with Gasteiger partial charge in [0, 0.05) is 12.6 Å². The molecule has 1 N–H and O–H groups in total. The van der Waals surface area contributed by atoms with Crippen molar-refractivity contribution in [2.24, 2.45) is 5.41 Å². The molecule has 5 heteroatoms. The number of aliphatic carboxylic acids is 1. The number of hydrogen-bond donors (Lipinski definition) is 1. The summed E-state index contributed by atoms with van der Waals surface area (Å²) >= 11 is 0. The first-order valence-electron chi connectivity index (χ1n) is 5.44. The molecule has 2 heterocycles. The molecule has 2 aromatic rings. The van der Waals surface area contributed by atoms with E-state index in [2.05, 4.69) is 10.1 Å². The number of aryl methyl sites for hydroxylation is 1. The van der Waals surface area contributed by atoms with Gasteiger partial charge in [-0.25, -0.2) is 9.50 Å². The monoisotopic (exact) mass is 233 g/mol. The van der Waals surface area contributed by atoms with Crippen LogP contribution >= 0.6 is 0 Å². The molecule has 0 aliphatic heterocycles. The van der Waals surface area contributed by atoms with Crippen molar-refractivity contribution in [3.05, 3.63) is 29.7 Å². The fourth-order valence-electron chi connectivity index (χ4n) is 1.58. The van der Waals surface area contributed by atoms with E-state index in [0.29, 0.717) is 12.2 Å². The highest BCUT2D eigenvalue weighted by atomic mass is 16.4. The minimum absolute atomic E-state index is 0.322.